The molecular weight excluding hydrogens is 340 g/mol. The maximum atomic E-state index is 12.4. The molecule has 0 spiro atoms. The van der Waals surface area contributed by atoms with Crippen molar-refractivity contribution in [1.82, 2.24) is 13.9 Å². The molecule has 8 heteroatoms. The molecule has 1 aromatic carbocycles. The van der Waals surface area contributed by atoms with E-state index in [1.165, 1.54) is 22.7 Å². The van der Waals surface area contributed by atoms with Crippen molar-refractivity contribution >= 4 is 21.8 Å². The van der Waals surface area contributed by atoms with Gasteiger partial charge in [0.05, 0.1) is 5.92 Å². The van der Waals surface area contributed by atoms with E-state index in [0.29, 0.717) is 26.1 Å². The van der Waals surface area contributed by atoms with Crippen LogP contribution in [-0.4, -0.2) is 70.3 Å². The molecule has 0 aromatic heterocycles. The summed E-state index contributed by atoms with van der Waals surface area (Å²) in [5.74, 6) is -0.356. The molecule has 1 saturated heterocycles. The number of benzene rings is 1. The molecule has 0 saturated carbocycles. The lowest BCUT2D eigenvalue weighted by molar-refractivity contribution is -0.126. The number of hydrogen-bond acceptors (Lipinski definition) is 4. The summed E-state index contributed by atoms with van der Waals surface area (Å²) in [7, 11) is 1.55. The fourth-order valence-corrected chi connectivity index (χ4v) is 4.09. The Labute approximate surface area is 150 Å². The highest BCUT2D eigenvalue weighted by Crippen LogP contribution is 2.20. The number of amides is 1. The minimum absolute atomic E-state index is 0.0693. The minimum Gasteiger partial charge on any atom is -0.373 e. The molecule has 0 radical (unpaired) electrons. The summed E-state index contributed by atoms with van der Waals surface area (Å²) in [6.07, 6.45) is 1.43. The van der Waals surface area contributed by atoms with E-state index >= 15 is 0 Å². The first-order valence-corrected chi connectivity index (χ1v) is 9.93. The van der Waals surface area contributed by atoms with Crippen LogP contribution in [0, 0.1) is 5.92 Å². The Bertz CT molecular complexity index is 664. The lowest BCUT2D eigenvalue weighted by Gasteiger charge is -2.32. The SMILES string of the molecule is CN(CCNC(=O)C1CCCN(S(=O)(=O)N(C)C)C1)c1ccccc1. The second-order valence-corrected chi connectivity index (χ2v) is 8.68. The third kappa shape index (κ3) is 5.17. The van der Waals surface area contributed by atoms with Gasteiger partial charge in [0.2, 0.25) is 5.91 Å². The number of rotatable bonds is 7. The van der Waals surface area contributed by atoms with Gasteiger partial charge in [0.25, 0.3) is 10.2 Å². The molecule has 1 heterocycles. The number of para-hydroxylation sites is 1. The Balaban J connectivity index is 1.82. The predicted molar refractivity (Wildman–Crippen MR) is 99.6 cm³/mol. The van der Waals surface area contributed by atoms with Gasteiger partial charge in [-0.15, -0.1) is 0 Å². The predicted octanol–water partition coefficient (Wildman–Crippen LogP) is 0.757. The normalized spacial score (nSPS) is 19.0. The third-order valence-electron chi connectivity index (χ3n) is 4.49. The molecule has 1 N–H and O–H groups in total. The summed E-state index contributed by atoms with van der Waals surface area (Å²) in [6, 6.07) is 9.97. The highest BCUT2D eigenvalue weighted by molar-refractivity contribution is 7.86. The summed E-state index contributed by atoms with van der Waals surface area (Å²) in [5.41, 5.74) is 1.10. The average Bonchev–Trinajstić information content (AvgIpc) is 2.62. The molecule has 1 amide bonds. The number of anilines is 1. The first-order chi connectivity index (χ1) is 11.8. The van der Waals surface area contributed by atoms with Crippen molar-refractivity contribution in [3.63, 3.8) is 0 Å². The Morgan fingerprint density at radius 1 is 1.24 bits per heavy atom. The molecule has 0 bridgehead atoms. The molecule has 25 heavy (non-hydrogen) atoms. The van der Waals surface area contributed by atoms with Gasteiger partial charge in [-0.3, -0.25) is 4.79 Å². The van der Waals surface area contributed by atoms with Gasteiger partial charge >= 0.3 is 0 Å². The van der Waals surface area contributed by atoms with Crippen LogP contribution in [0.2, 0.25) is 0 Å². The van der Waals surface area contributed by atoms with Gasteiger partial charge in [-0.05, 0) is 25.0 Å². The minimum atomic E-state index is -3.46. The van der Waals surface area contributed by atoms with E-state index in [0.717, 1.165) is 12.1 Å². The van der Waals surface area contributed by atoms with Crippen LogP contribution in [0.4, 0.5) is 5.69 Å². The maximum absolute atomic E-state index is 12.4. The van der Waals surface area contributed by atoms with Crippen LogP contribution in [0.25, 0.3) is 0 Å². The first-order valence-electron chi connectivity index (χ1n) is 8.54. The van der Waals surface area contributed by atoms with Crippen molar-refractivity contribution in [1.29, 1.82) is 0 Å². The number of nitrogens with one attached hydrogen (secondary N) is 1. The Morgan fingerprint density at radius 2 is 1.92 bits per heavy atom. The summed E-state index contributed by atoms with van der Waals surface area (Å²) in [6.45, 7) is 1.95. The van der Waals surface area contributed by atoms with Gasteiger partial charge in [-0.25, -0.2) is 0 Å². The average molecular weight is 369 g/mol. The van der Waals surface area contributed by atoms with Crippen LogP contribution in [0.15, 0.2) is 30.3 Å². The van der Waals surface area contributed by atoms with Crippen molar-refractivity contribution in [2.45, 2.75) is 12.8 Å². The largest absolute Gasteiger partial charge is 0.373 e. The second-order valence-electron chi connectivity index (χ2n) is 6.54. The van der Waals surface area contributed by atoms with Crippen molar-refractivity contribution in [3.8, 4) is 0 Å². The molecule has 140 valence electrons. The number of carbonyl (C=O) groups excluding carboxylic acids is 1. The quantitative estimate of drug-likeness (QED) is 0.771. The van der Waals surface area contributed by atoms with E-state index in [9.17, 15) is 13.2 Å². The van der Waals surface area contributed by atoms with Gasteiger partial charge in [0.1, 0.15) is 0 Å². The number of hydrogen-bond donors (Lipinski definition) is 1. The third-order valence-corrected chi connectivity index (χ3v) is 6.39. The number of nitrogens with zero attached hydrogens (tertiary/aromatic N) is 3. The van der Waals surface area contributed by atoms with Crippen molar-refractivity contribution in [3.05, 3.63) is 30.3 Å². The smallest absolute Gasteiger partial charge is 0.281 e. The number of likely N-dealkylation sites (N-methyl/N-ethyl adjacent to an activating group) is 1. The topological polar surface area (TPSA) is 73.0 Å². The monoisotopic (exact) mass is 368 g/mol. The second kappa shape index (κ2) is 8.64. The lowest BCUT2D eigenvalue weighted by Crippen LogP contribution is -2.49. The van der Waals surface area contributed by atoms with E-state index in [4.69, 9.17) is 0 Å². The molecule has 7 nitrogen and oxygen atoms in total. The van der Waals surface area contributed by atoms with Crippen molar-refractivity contribution in [2.75, 3.05) is 52.2 Å². The van der Waals surface area contributed by atoms with Crippen LogP contribution >= 0.6 is 0 Å². The molecule has 0 aliphatic carbocycles. The maximum Gasteiger partial charge on any atom is 0.281 e. The Kier molecular flexibility index (Phi) is 6.80. The summed E-state index contributed by atoms with van der Waals surface area (Å²) >= 11 is 0. The van der Waals surface area contributed by atoms with Gasteiger partial charge in [0, 0.05) is 53.0 Å². The Hall–Kier alpha value is -1.64. The molecule has 1 unspecified atom stereocenters. The number of piperidine rings is 1. The van der Waals surface area contributed by atoms with E-state index < -0.39 is 10.2 Å². The van der Waals surface area contributed by atoms with E-state index in [2.05, 4.69) is 10.2 Å². The summed E-state index contributed by atoms with van der Waals surface area (Å²) in [5, 5.41) is 2.94. The van der Waals surface area contributed by atoms with Gasteiger partial charge in [-0.2, -0.15) is 17.0 Å². The molecule has 1 atom stereocenters. The van der Waals surface area contributed by atoms with E-state index in [1.807, 2.05) is 37.4 Å². The van der Waals surface area contributed by atoms with Gasteiger partial charge < -0.3 is 10.2 Å². The summed E-state index contributed by atoms with van der Waals surface area (Å²) in [4.78, 5) is 14.5. The molecule has 1 aliphatic rings. The summed E-state index contributed by atoms with van der Waals surface area (Å²) < 4.78 is 27.1. The van der Waals surface area contributed by atoms with Gasteiger partial charge in [-0.1, -0.05) is 18.2 Å². The number of carbonyl (C=O) groups is 1. The zero-order chi connectivity index (χ0) is 18.4. The van der Waals surface area contributed by atoms with E-state index in [1.54, 1.807) is 0 Å². The molecule has 1 aliphatic heterocycles. The van der Waals surface area contributed by atoms with Crippen molar-refractivity contribution < 1.29 is 13.2 Å². The standard InChI is InChI=1S/C17H28N4O3S/c1-19(2)25(23,24)21-12-7-8-15(14-21)17(22)18-11-13-20(3)16-9-5-4-6-10-16/h4-6,9-10,15H,7-8,11-14H2,1-3H3,(H,18,22). The molecule has 2 rings (SSSR count). The van der Waals surface area contributed by atoms with Crippen LogP contribution in [0.5, 0.6) is 0 Å². The van der Waals surface area contributed by atoms with Crippen LogP contribution in [-0.2, 0) is 15.0 Å². The zero-order valence-corrected chi connectivity index (χ0v) is 16.0. The molecular formula is C17H28N4O3S. The lowest BCUT2D eigenvalue weighted by atomic mass is 9.99. The highest BCUT2D eigenvalue weighted by Gasteiger charge is 2.33. The van der Waals surface area contributed by atoms with Crippen LogP contribution in [0.1, 0.15) is 12.8 Å². The fourth-order valence-electron chi connectivity index (χ4n) is 2.90. The molecule has 1 fully saturated rings. The van der Waals surface area contributed by atoms with Gasteiger partial charge in [0.15, 0.2) is 0 Å². The van der Waals surface area contributed by atoms with Crippen LogP contribution in [0.3, 0.4) is 0 Å². The van der Waals surface area contributed by atoms with E-state index in [-0.39, 0.29) is 18.4 Å². The van der Waals surface area contributed by atoms with Crippen molar-refractivity contribution in [2.24, 2.45) is 5.92 Å². The zero-order valence-electron chi connectivity index (χ0n) is 15.2. The van der Waals surface area contributed by atoms with Crippen LogP contribution < -0.4 is 10.2 Å². The highest BCUT2D eigenvalue weighted by atomic mass is 32.2. The Morgan fingerprint density at radius 3 is 2.56 bits per heavy atom. The fraction of sp³-hybridized carbons (Fsp3) is 0.588. The molecule has 1 aromatic rings. The first kappa shape index (κ1) is 19.7.